The topological polar surface area (TPSA) is 95.5 Å². The lowest BCUT2D eigenvalue weighted by Crippen LogP contribution is -2.41. The number of rotatable bonds is 4. The quantitative estimate of drug-likeness (QED) is 0.577. The molecule has 10 heteroatoms. The average Bonchev–Trinajstić information content (AvgIpc) is 2.50. The van der Waals surface area contributed by atoms with Gasteiger partial charge >= 0.3 is 0 Å². The van der Waals surface area contributed by atoms with E-state index in [0.29, 0.717) is 12.1 Å². The van der Waals surface area contributed by atoms with Crippen LogP contribution in [0.5, 0.6) is 5.75 Å². The molecule has 0 fully saturated rings. The Labute approximate surface area is 128 Å². The highest BCUT2D eigenvalue weighted by atomic mass is 32.2. The molecular weight excluding hydrogens is 337 g/mol. The molecule has 0 aromatic heterocycles. The number of phenols is 1. The van der Waals surface area contributed by atoms with Crippen LogP contribution in [0.3, 0.4) is 0 Å². The summed E-state index contributed by atoms with van der Waals surface area (Å²) >= 11 is 0. The van der Waals surface area contributed by atoms with E-state index < -0.39 is 44.0 Å². The molecule has 6 nitrogen and oxygen atoms in total. The fourth-order valence-electron chi connectivity index (χ4n) is 1.62. The lowest BCUT2D eigenvalue weighted by Gasteiger charge is -2.10. The van der Waals surface area contributed by atoms with Gasteiger partial charge in [-0.2, -0.15) is 0 Å². The number of nitrogens with one attached hydrogen (secondary N) is 2. The van der Waals surface area contributed by atoms with Gasteiger partial charge in [0.25, 0.3) is 15.9 Å². The molecule has 1 amide bonds. The fourth-order valence-corrected chi connectivity index (χ4v) is 2.53. The van der Waals surface area contributed by atoms with E-state index in [0.717, 1.165) is 0 Å². The van der Waals surface area contributed by atoms with Crippen LogP contribution >= 0.6 is 0 Å². The van der Waals surface area contributed by atoms with Gasteiger partial charge in [-0.1, -0.05) is 12.1 Å². The predicted octanol–water partition coefficient (Wildman–Crippen LogP) is 1.43. The second kappa shape index (κ2) is 6.26. The molecule has 0 unspecified atom stereocenters. The Morgan fingerprint density at radius 2 is 1.65 bits per heavy atom. The predicted molar refractivity (Wildman–Crippen MR) is 72.2 cm³/mol. The van der Waals surface area contributed by atoms with E-state index in [4.69, 9.17) is 0 Å². The summed E-state index contributed by atoms with van der Waals surface area (Å²) < 4.78 is 63.0. The summed E-state index contributed by atoms with van der Waals surface area (Å²) in [6, 6.07) is 6.18. The van der Waals surface area contributed by atoms with E-state index in [1.807, 2.05) is 0 Å². The maximum absolute atomic E-state index is 13.5. The summed E-state index contributed by atoms with van der Waals surface area (Å²) in [5, 5.41) is 9.45. The summed E-state index contributed by atoms with van der Waals surface area (Å²) in [4.78, 5) is 12.1. The third-order valence-corrected chi connectivity index (χ3v) is 4.00. The maximum Gasteiger partial charge on any atom is 0.269 e. The summed E-state index contributed by atoms with van der Waals surface area (Å²) in [5.74, 6) is -6.88. The van der Waals surface area contributed by atoms with Gasteiger partial charge in [0.2, 0.25) is 0 Å². The first-order valence-corrected chi connectivity index (χ1v) is 7.46. The van der Waals surface area contributed by atoms with Gasteiger partial charge in [0.15, 0.2) is 17.5 Å². The number of carbonyl (C=O) groups is 1. The Kier molecular flexibility index (Phi) is 4.57. The lowest BCUT2D eigenvalue weighted by atomic mass is 10.2. The largest absolute Gasteiger partial charge is 0.507 e. The smallest absolute Gasteiger partial charge is 0.269 e. The van der Waals surface area contributed by atoms with Gasteiger partial charge < -0.3 is 5.11 Å². The minimum Gasteiger partial charge on any atom is -0.507 e. The zero-order valence-electron chi connectivity index (χ0n) is 11.2. The van der Waals surface area contributed by atoms with Crippen molar-refractivity contribution in [1.82, 2.24) is 10.3 Å². The van der Waals surface area contributed by atoms with E-state index in [1.165, 1.54) is 29.1 Å². The zero-order valence-corrected chi connectivity index (χ0v) is 12.0. The molecule has 0 heterocycles. The molecule has 122 valence electrons. The number of amides is 1. The fraction of sp³-hybridized carbons (Fsp3) is 0. The standard InChI is InChI=1S/C13H9F3N2O4S/c14-8-5-6-10(12(16)11(8)15)23(21,22)18-17-13(20)7-3-1-2-4-9(7)19/h1-6,18-19H,(H,17,20). The second-order valence-corrected chi connectivity index (χ2v) is 5.90. The normalized spacial score (nSPS) is 11.3. The maximum atomic E-state index is 13.5. The molecule has 0 bridgehead atoms. The first kappa shape index (κ1) is 16.8. The van der Waals surface area contributed by atoms with Gasteiger partial charge in [-0.3, -0.25) is 10.2 Å². The highest BCUT2D eigenvalue weighted by molar-refractivity contribution is 7.89. The van der Waals surface area contributed by atoms with Crippen LogP contribution in [0.4, 0.5) is 13.2 Å². The molecule has 0 saturated heterocycles. The summed E-state index contributed by atoms with van der Waals surface area (Å²) in [6.45, 7) is 0. The molecule has 0 aliphatic heterocycles. The van der Waals surface area contributed by atoms with E-state index >= 15 is 0 Å². The van der Waals surface area contributed by atoms with Crippen molar-refractivity contribution in [2.45, 2.75) is 4.90 Å². The molecule has 2 rings (SSSR count). The van der Waals surface area contributed by atoms with Crippen LogP contribution in [0.2, 0.25) is 0 Å². The van der Waals surface area contributed by atoms with Crippen molar-refractivity contribution in [3.05, 3.63) is 59.4 Å². The molecule has 0 aliphatic carbocycles. The highest BCUT2D eigenvalue weighted by Crippen LogP contribution is 2.19. The van der Waals surface area contributed by atoms with Crippen LogP contribution in [-0.2, 0) is 10.0 Å². The zero-order chi connectivity index (χ0) is 17.2. The molecule has 0 aliphatic rings. The number of para-hydroxylation sites is 1. The second-order valence-electron chi connectivity index (χ2n) is 4.25. The SMILES string of the molecule is O=C(NNS(=O)(=O)c1ccc(F)c(F)c1F)c1ccccc1O. The van der Waals surface area contributed by atoms with Crippen molar-refractivity contribution in [2.24, 2.45) is 0 Å². The van der Waals surface area contributed by atoms with Crippen LogP contribution in [-0.4, -0.2) is 19.4 Å². The van der Waals surface area contributed by atoms with E-state index in [-0.39, 0.29) is 5.56 Å². The summed E-state index contributed by atoms with van der Waals surface area (Å²) in [6.07, 6.45) is 0. The molecule has 2 aromatic carbocycles. The van der Waals surface area contributed by atoms with Crippen LogP contribution in [0.15, 0.2) is 41.3 Å². The van der Waals surface area contributed by atoms with Gasteiger partial charge in [-0.15, -0.1) is 4.83 Å². The molecule has 0 saturated carbocycles. The number of hydrogen-bond donors (Lipinski definition) is 3. The van der Waals surface area contributed by atoms with Gasteiger partial charge in [0.1, 0.15) is 10.6 Å². The van der Waals surface area contributed by atoms with Gasteiger partial charge in [0.05, 0.1) is 5.56 Å². The number of hydrogen-bond acceptors (Lipinski definition) is 4. The Morgan fingerprint density at radius 1 is 1.00 bits per heavy atom. The van der Waals surface area contributed by atoms with Crippen LogP contribution < -0.4 is 10.3 Å². The van der Waals surface area contributed by atoms with Crippen LogP contribution in [0.25, 0.3) is 0 Å². The van der Waals surface area contributed by atoms with E-state index in [2.05, 4.69) is 0 Å². The Hall–Kier alpha value is -2.59. The summed E-state index contributed by atoms with van der Waals surface area (Å²) in [7, 11) is -4.69. The van der Waals surface area contributed by atoms with Crippen molar-refractivity contribution < 1.29 is 31.5 Å². The van der Waals surface area contributed by atoms with Crippen LogP contribution in [0, 0.1) is 17.5 Å². The van der Waals surface area contributed by atoms with Crippen molar-refractivity contribution in [1.29, 1.82) is 0 Å². The molecule has 2 aromatic rings. The van der Waals surface area contributed by atoms with Gasteiger partial charge in [-0.05, 0) is 24.3 Å². The molecule has 0 radical (unpaired) electrons. The minimum absolute atomic E-state index is 0.249. The third kappa shape index (κ3) is 3.43. The number of benzene rings is 2. The Balaban J connectivity index is 2.22. The first-order chi connectivity index (χ1) is 10.7. The van der Waals surface area contributed by atoms with E-state index in [9.17, 15) is 31.5 Å². The van der Waals surface area contributed by atoms with Crippen molar-refractivity contribution >= 4 is 15.9 Å². The van der Waals surface area contributed by atoms with Crippen molar-refractivity contribution in [3.63, 3.8) is 0 Å². The highest BCUT2D eigenvalue weighted by Gasteiger charge is 2.24. The molecular formula is C13H9F3N2O4S. The molecule has 23 heavy (non-hydrogen) atoms. The van der Waals surface area contributed by atoms with E-state index in [1.54, 1.807) is 5.43 Å². The minimum atomic E-state index is -4.69. The third-order valence-electron chi connectivity index (χ3n) is 2.74. The van der Waals surface area contributed by atoms with Crippen molar-refractivity contribution in [2.75, 3.05) is 0 Å². The lowest BCUT2D eigenvalue weighted by molar-refractivity contribution is 0.0942. The number of aromatic hydroxyl groups is 1. The molecule has 0 atom stereocenters. The number of carbonyl (C=O) groups excluding carboxylic acids is 1. The Morgan fingerprint density at radius 3 is 2.30 bits per heavy atom. The average molecular weight is 346 g/mol. The van der Waals surface area contributed by atoms with Gasteiger partial charge in [0, 0.05) is 0 Å². The van der Waals surface area contributed by atoms with Gasteiger partial charge in [-0.25, -0.2) is 21.6 Å². The first-order valence-electron chi connectivity index (χ1n) is 5.97. The monoisotopic (exact) mass is 346 g/mol. The number of phenolic OH excluding ortho intramolecular Hbond substituents is 1. The Bertz CT molecular complexity index is 872. The number of sulfonamides is 1. The molecule has 0 spiro atoms. The van der Waals surface area contributed by atoms with Crippen LogP contribution in [0.1, 0.15) is 10.4 Å². The number of halogens is 3. The summed E-state index contributed by atoms with van der Waals surface area (Å²) in [5.41, 5.74) is 1.47. The number of hydrazine groups is 1. The molecule has 3 N–H and O–H groups in total. The van der Waals surface area contributed by atoms with Crippen molar-refractivity contribution in [3.8, 4) is 5.75 Å².